The number of esters is 2. The number of amides is 1. The van der Waals surface area contributed by atoms with Crippen molar-refractivity contribution in [3.05, 3.63) is 101 Å². The van der Waals surface area contributed by atoms with Crippen molar-refractivity contribution in [1.82, 2.24) is 4.31 Å². The number of hydrogen-bond donors (Lipinski definition) is 0. The van der Waals surface area contributed by atoms with Crippen LogP contribution in [-0.2, 0) is 24.3 Å². The molecule has 1 aliphatic rings. The van der Waals surface area contributed by atoms with Gasteiger partial charge in [-0.05, 0) is 55.3 Å². The Morgan fingerprint density at radius 2 is 1.58 bits per heavy atom. The normalized spacial score (nSPS) is 17.3. The van der Waals surface area contributed by atoms with Gasteiger partial charge in [0.1, 0.15) is 5.92 Å². The molecule has 186 valence electrons. The van der Waals surface area contributed by atoms with Crippen LogP contribution in [0.25, 0.3) is 0 Å². The van der Waals surface area contributed by atoms with E-state index in [1.807, 2.05) is 6.92 Å². The Morgan fingerprint density at radius 3 is 2.19 bits per heavy atom. The molecule has 0 spiro atoms. The summed E-state index contributed by atoms with van der Waals surface area (Å²) < 4.78 is 38.7. The summed E-state index contributed by atoms with van der Waals surface area (Å²) in [5.41, 5.74) is 1.92. The molecule has 0 bridgehead atoms. The Balaban J connectivity index is 1.97. The number of nitrogens with zero attached hydrogens (tertiary/aromatic N) is 1. The maximum atomic E-state index is 13.9. The number of ether oxygens (including phenoxy) is 2. The van der Waals surface area contributed by atoms with Gasteiger partial charge in [-0.2, -0.15) is 0 Å². The number of carbonyl (C=O) groups excluding carboxylic acids is 3. The lowest BCUT2D eigenvalue weighted by Gasteiger charge is -2.40. The van der Waals surface area contributed by atoms with Gasteiger partial charge in [0.2, 0.25) is 0 Å². The van der Waals surface area contributed by atoms with Crippen LogP contribution in [-0.4, -0.2) is 44.3 Å². The Hall–Kier alpha value is -3.98. The number of hydrogen-bond acceptors (Lipinski definition) is 7. The van der Waals surface area contributed by atoms with E-state index in [1.165, 1.54) is 49.6 Å². The summed E-state index contributed by atoms with van der Waals surface area (Å²) in [6, 6.07) is 17.3. The number of aryl methyl sites for hydroxylation is 1. The van der Waals surface area contributed by atoms with E-state index < -0.39 is 39.8 Å². The average molecular weight is 508 g/mol. The van der Waals surface area contributed by atoms with Gasteiger partial charge in [-0.15, -0.1) is 0 Å². The molecule has 1 amide bonds. The van der Waals surface area contributed by atoms with Gasteiger partial charge in [0.05, 0.1) is 30.2 Å². The van der Waals surface area contributed by atoms with Crippen molar-refractivity contribution in [3.63, 3.8) is 0 Å². The van der Waals surface area contributed by atoms with Gasteiger partial charge in [-0.25, -0.2) is 17.5 Å². The van der Waals surface area contributed by atoms with E-state index in [2.05, 4.69) is 0 Å². The highest BCUT2D eigenvalue weighted by atomic mass is 32.2. The molecule has 9 heteroatoms. The van der Waals surface area contributed by atoms with Gasteiger partial charge in [-0.3, -0.25) is 9.59 Å². The molecule has 0 aromatic heterocycles. The minimum atomic E-state index is -4.40. The topological polar surface area (TPSA) is 107 Å². The first-order chi connectivity index (χ1) is 17.2. The Morgan fingerprint density at radius 1 is 0.944 bits per heavy atom. The fourth-order valence-electron chi connectivity index (χ4n) is 4.35. The molecule has 0 N–H and O–H groups in total. The maximum Gasteiger partial charge on any atom is 0.337 e. The average Bonchev–Trinajstić information content (AvgIpc) is 2.88. The van der Waals surface area contributed by atoms with Crippen LogP contribution in [0.2, 0.25) is 0 Å². The number of rotatable bonds is 6. The summed E-state index contributed by atoms with van der Waals surface area (Å²) in [6.07, 6.45) is 0. The summed E-state index contributed by atoms with van der Waals surface area (Å²) in [5.74, 6) is -3.11. The molecule has 1 aliphatic heterocycles. The van der Waals surface area contributed by atoms with Crippen molar-refractivity contribution in [2.75, 3.05) is 13.7 Å². The zero-order valence-corrected chi connectivity index (χ0v) is 20.8. The number of sulfonamides is 1. The van der Waals surface area contributed by atoms with E-state index in [9.17, 15) is 22.8 Å². The highest BCUT2D eigenvalue weighted by Crippen LogP contribution is 2.46. The van der Waals surface area contributed by atoms with Crippen LogP contribution < -0.4 is 0 Å². The minimum absolute atomic E-state index is 0.0736. The van der Waals surface area contributed by atoms with E-state index in [0.29, 0.717) is 11.1 Å². The number of benzene rings is 3. The summed E-state index contributed by atoms with van der Waals surface area (Å²) in [5, 5.41) is 0. The molecule has 8 nitrogen and oxygen atoms in total. The second-order valence-electron chi connectivity index (χ2n) is 8.29. The second kappa shape index (κ2) is 9.94. The molecule has 0 radical (unpaired) electrons. The van der Waals surface area contributed by atoms with Crippen molar-refractivity contribution in [3.8, 4) is 0 Å². The molecule has 0 saturated heterocycles. The first-order valence-corrected chi connectivity index (χ1v) is 12.7. The van der Waals surface area contributed by atoms with E-state index >= 15 is 0 Å². The zero-order valence-electron chi connectivity index (χ0n) is 20.0. The largest absolute Gasteiger partial charge is 0.465 e. The maximum absolute atomic E-state index is 13.9. The van der Waals surface area contributed by atoms with Crippen molar-refractivity contribution >= 4 is 27.9 Å². The molecule has 2 unspecified atom stereocenters. The molecular formula is C27H25NO7S. The van der Waals surface area contributed by atoms with Crippen LogP contribution >= 0.6 is 0 Å². The summed E-state index contributed by atoms with van der Waals surface area (Å²) in [7, 11) is -3.15. The minimum Gasteiger partial charge on any atom is -0.465 e. The molecule has 3 aromatic rings. The molecule has 36 heavy (non-hydrogen) atoms. The highest BCUT2D eigenvalue weighted by molar-refractivity contribution is 7.89. The van der Waals surface area contributed by atoms with Crippen LogP contribution in [0.1, 0.15) is 56.3 Å². The predicted octanol–water partition coefficient (Wildman–Crippen LogP) is 4.01. The van der Waals surface area contributed by atoms with Crippen LogP contribution in [0.15, 0.2) is 77.7 Å². The number of methoxy groups -OCH3 is 1. The van der Waals surface area contributed by atoms with E-state index in [-0.39, 0.29) is 22.6 Å². The lowest BCUT2D eigenvalue weighted by Crippen LogP contribution is -2.48. The van der Waals surface area contributed by atoms with E-state index in [4.69, 9.17) is 9.47 Å². The van der Waals surface area contributed by atoms with Crippen LogP contribution in [0.5, 0.6) is 0 Å². The smallest absolute Gasteiger partial charge is 0.337 e. The summed E-state index contributed by atoms with van der Waals surface area (Å²) in [6.45, 7) is 3.55. The quantitative estimate of drug-likeness (QED) is 0.464. The molecule has 0 aliphatic carbocycles. The Kier molecular flexibility index (Phi) is 6.94. The van der Waals surface area contributed by atoms with Gasteiger partial charge in [-0.1, -0.05) is 48.0 Å². The number of fused-ring (bicyclic) bond motifs is 1. The molecule has 3 aromatic carbocycles. The molecule has 4 rings (SSSR count). The first-order valence-electron chi connectivity index (χ1n) is 11.3. The highest BCUT2D eigenvalue weighted by Gasteiger charge is 2.50. The molecule has 0 fully saturated rings. The van der Waals surface area contributed by atoms with Gasteiger partial charge in [0, 0.05) is 5.56 Å². The molecule has 1 heterocycles. The molecule has 2 atom stereocenters. The fraction of sp³-hybridized carbons (Fsp3) is 0.222. The van der Waals surface area contributed by atoms with Crippen LogP contribution in [0, 0.1) is 6.92 Å². The standard InChI is InChI=1S/C27H25NO7S/c1-4-35-27(31)23-21-7-5-6-8-22(21)25(29)28(36(32,33)20-15-9-17(2)10-16-20)24(23)18-11-13-19(14-12-18)26(30)34-3/h5-16,23-24H,4H2,1-3H3. The number of carbonyl (C=O) groups is 3. The van der Waals surface area contributed by atoms with Gasteiger partial charge < -0.3 is 9.47 Å². The van der Waals surface area contributed by atoms with Crippen molar-refractivity contribution in [1.29, 1.82) is 0 Å². The van der Waals surface area contributed by atoms with E-state index in [0.717, 1.165) is 9.87 Å². The Labute approximate surface area is 209 Å². The zero-order chi connectivity index (χ0) is 26.0. The summed E-state index contributed by atoms with van der Waals surface area (Å²) in [4.78, 5) is 38.9. The second-order valence-corrected chi connectivity index (χ2v) is 10.1. The predicted molar refractivity (Wildman–Crippen MR) is 131 cm³/mol. The van der Waals surface area contributed by atoms with Crippen LogP contribution in [0.3, 0.4) is 0 Å². The molecular weight excluding hydrogens is 482 g/mol. The summed E-state index contributed by atoms with van der Waals surface area (Å²) >= 11 is 0. The third-order valence-electron chi connectivity index (χ3n) is 6.09. The van der Waals surface area contributed by atoms with Gasteiger partial charge in [0.25, 0.3) is 15.9 Å². The Bertz CT molecular complexity index is 1410. The van der Waals surface area contributed by atoms with Gasteiger partial charge in [0.15, 0.2) is 0 Å². The lowest BCUT2D eigenvalue weighted by atomic mass is 9.81. The van der Waals surface area contributed by atoms with Gasteiger partial charge >= 0.3 is 11.9 Å². The van der Waals surface area contributed by atoms with Crippen molar-refractivity contribution in [2.24, 2.45) is 0 Å². The fourth-order valence-corrected chi connectivity index (χ4v) is 5.91. The third kappa shape index (κ3) is 4.37. The SMILES string of the molecule is CCOC(=O)C1c2ccccc2C(=O)N(S(=O)(=O)c2ccc(C)cc2)C1c1ccc(C(=O)OC)cc1. The van der Waals surface area contributed by atoms with E-state index in [1.54, 1.807) is 37.3 Å². The third-order valence-corrected chi connectivity index (χ3v) is 7.87. The lowest BCUT2D eigenvalue weighted by molar-refractivity contribution is -0.146. The van der Waals surface area contributed by atoms with Crippen molar-refractivity contribution < 1.29 is 32.3 Å². The monoisotopic (exact) mass is 507 g/mol. The van der Waals surface area contributed by atoms with Crippen LogP contribution in [0.4, 0.5) is 0 Å². The van der Waals surface area contributed by atoms with Crippen molar-refractivity contribution in [2.45, 2.75) is 30.7 Å². The first kappa shape index (κ1) is 25.1. The molecule has 0 saturated carbocycles.